The lowest BCUT2D eigenvalue weighted by molar-refractivity contribution is -0.0385. The molecule has 6 heteroatoms. The van der Waals surface area contributed by atoms with Gasteiger partial charge in [-0.15, -0.1) is 0 Å². The van der Waals surface area contributed by atoms with Crippen molar-refractivity contribution in [2.45, 2.75) is 31.9 Å². The average molecular weight is 359 g/mol. The van der Waals surface area contributed by atoms with Crippen LogP contribution < -0.4 is 5.32 Å². The molecule has 4 rings (SSSR count). The summed E-state index contributed by atoms with van der Waals surface area (Å²) in [6.45, 7) is 2.64. The predicted molar refractivity (Wildman–Crippen MR) is 92.3 cm³/mol. The van der Waals surface area contributed by atoms with Crippen LogP contribution in [-0.2, 0) is 4.74 Å². The SMILES string of the molecule is Cc1ccc2c(c1)[C@@H]1OCCC[C@@H]1[C@@H](c1ccc(C(=O)O)c(F)c1F)N2. The molecular weight excluding hydrogens is 340 g/mol. The van der Waals surface area contributed by atoms with Gasteiger partial charge in [0.15, 0.2) is 11.6 Å². The first-order chi connectivity index (χ1) is 12.5. The van der Waals surface area contributed by atoms with Crippen molar-refractivity contribution in [3.8, 4) is 0 Å². The zero-order valence-corrected chi connectivity index (χ0v) is 14.3. The highest BCUT2D eigenvalue weighted by Crippen LogP contribution is 2.49. The van der Waals surface area contributed by atoms with Crippen molar-refractivity contribution in [3.63, 3.8) is 0 Å². The minimum Gasteiger partial charge on any atom is -0.478 e. The van der Waals surface area contributed by atoms with Gasteiger partial charge >= 0.3 is 5.97 Å². The van der Waals surface area contributed by atoms with Gasteiger partial charge in [0.25, 0.3) is 0 Å². The first kappa shape index (κ1) is 17.0. The maximum absolute atomic E-state index is 14.7. The van der Waals surface area contributed by atoms with Crippen LogP contribution in [0, 0.1) is 24.5 Å². The van der Waals surface area contributed by atoms with Crippen LogP contribution in [0.5, 0.6) is 0 Å². The quantitative estimate of drug-likeness (QED) is 0.822. The summed E-state index contributed by atoms with van der Waals surface area (Å²) < 4.78 is 34.9. The lowest BCUT2D eigenvalue weighted by atomic mass is 9.77. The molecule has 2 aliphatic heterocycles. The van der Waals surface area contributed by atoms with E-state index in [0.29, 0.717) is 6.61 Å². The number of halogens is 2. The van der Waals surface area contributed by atoms with Gasteiger partial charge in [-0.3, -0.25) is 0 Å². The topological polar surface area (TPSA) is 58.6 Å². The molecule has 0 amide bonds. The molecule has 2 aromatic carbocycles. The third-order valence-corrected chi connectivity index (χ3v) is 5.30. The number of nitrogens with one attached hydrogen (secondary N) is 1. The van der Waals surface area contributed by atoms with E-state index >= 15 is 0 Å². The molecule has 1 fully saturated rings. The van der Waals surface area contributed by atoms with Crippen molar-refractivity contribution in [2.75, 3.05) is 11.9 Å². The number of carboxylic acid groups (broad SMARTS) is 1. The van der Waals surface area contributed by atoms with E-state index in [4.69, 9.17) is 9.84 Å². The number of hydrogen-bond acceptors (Lipinski definition) is 3. The highest BCUT2D eigenvalue weighted by Gasteiger charge is 2.41. The molecule has 0 aliphatic carbocycles. The summed E-state index contributed by atoms with van der Waals surface area (Å²) in [4.78, 5) is 11.0. The second-order valence-corrected chi connectivity index (χ2v) is 6.95. The summed E-state index contributed by atoms with van der Waals surface area (Å²) in [6.07, 6.45) is 1.47. The number of fused-ring (bicyclic) bond motifs is 3. The Balaban J connectivity index is 1.81. The Kier molecular flexibility index (Phi) is 4.15. The van der Waals surface area contributed by atoms with Crippen LogP contribution in [0.3, 0.4) is 0 Å². The molecule has 2 aromatic rings. The van der Waals surface area contributed by atoms with Crippen molar-refractivity contribution in [1.82, 2.24) is 0 Å². The number of rotatable bonds is 2. The third-order valence-electron chi connectivity index (χ3n) is 5.30. The summed E-state index contributed by atoms with van der Waals surface area (Å²) in [6, 6.07) is 7.95. The van der Waals surface area contributed by atoms with Gasteiger partial charge in [0, 0.05) is 29.3 Å². The van der Waals surface area contributed by atoms with E-state index in [1.165, 1.54) is 6.07 Å². The van der Waals surface area contributed by atoms with Gasteiger partial charge in [-0.2, -0.15) is 0 Å². The smallest absolute Gasteiger partial charge is 0.338 e. The number of hydrogen-bond donors (Lipinski definition) is 2. The molecule has 0 saturated carbocycles. The van der Waals surface area contributed by atoms with E-state index in [9.17, 15) is 13.6 Å². The van der Waals surface area contributed by atoms with E-state index in [1.807, 2.05) is 19.1 Å². The fourth-order valence-electron chi connectivity index (χ4n) is 4.07. The number of carbonyl (C=O) groups is 1. The molecule has 2 aliphatic rings. The summed E-state index contributed by atoms with van der Waals surface area (Å²) >= 11 is 0. The number of ether oxygens (including phenoxy) is 1. The van der Waals surface area contributed by atoms with Crippen molar-refractivity contribution in [1.29, 1.82) is 0 Å². The van der Waals surface area contributed by atoms with Crippen LogP contribution in [0.25, 0.3) is 0 Å². The molecule has 3 atom stereocenters. The molecule has 4 nitrogen and oxygen atoms in total. The summed E-state index contributed by atoms with van der Waals surface area (Å²) in [5.74, 6) is -3.96. The van der Waals surface area contributed by atoms with Gasteiger partial charge in [0.1, 0.15) is 0 Å². The van der Waals surface area contributed by atoms with Gasteiger partial charge in [-0.25, -0.2) is 13.6 Å². The molecule has 2 N–H and O–H groups in total. The minimum absolute atomic E-state index is 0.0531. The maximum atomic E-state index is 14.7. The predicted octanol–water partition coefficient (Wildman–Crippen LogP) is 4.61. The molecule has 2 heterocycles. The summed E-state index contributed by atoms with van der Waals surface area (Å²) in [5.41, 5.74) is 2.47. The van der Waals surface area contributed by atoms with Gasteiger partial charge < -0.3 is 15.2 Å². The molecule has 26 heavy (non-hydrogen) atoms. The van der Waals surface area contributed by atoms with E-state index < -0.39 is 29.2 Å². The highest BCUT2D eigenvalue weighted by molar-refractivity contribution is 5.88. The van der Waals surface area contributed by atoms with Gasteiger partial charge in [-0.05, 0) is 31.9 Å². The Hall–Kier alpha value is -2.47. The van der Waals surface area contributed by atoms with E-state index in [-0.39, 0.29) is 17.6 Å². The molecule has 0 spiro atoms. The monoisotopic (exact) mass is 359 g/mol. The van der Waals surface area contributed by atoms with Gasteiger partial charge in [0.2, 0.25) is 0 Å². The minimum atomic E-state index is -1.48. The van der Waals surface area contributed by atoms with Crippen molar-refractivity contribution in [3.05, 3.63) is 64.2 Å². The van der Waals surface area contributed by atoms with Crippen LogP contribution in [0.15, 0.2) is 30.3 Å². The molecular formula is C20H19F2NO3. The Bertz CT molecular complexity index is 884. The molecule has 1 saturated heterocycles. The first-order valence-corrected chi connectivity index (χ1v) is 8.67. The Morgan fingerprint density at radius 2 is 2.00 bits per heavy atom. The lowest BCUT2D eigenvalue weighted by Crippen LogP contribution is -2.36. The summed E-state index contributed by atoms with van der Waals surface area (Å²) in [7, 11) is 0. The van der Waals surface area contributed by atoms with E-state index in [2.05, 4.69) is 11.4 Å². The third kappa shape index (κ3) is 2.65. The van der Waals surface area contributed by atoms with Crippen LogP contribution >= 0.6 is 0 Å². The van der Waals surface area contributed by atoms with Crippen LogP contribution in [0.2, 0.25) is 0 Å². The zero-order chi connectivity index (χ0) is 18.4. The molecule has 136 valence electrons. The number of anilines is 1. The maximum Gasteiger partial charge on any atom is 0.338 e. The second-order valence-electron chi connectivity index (χ2n) is 6.95. The summed E-state index contributed by atoms with van der Waals surface area (Å²) in [5, 5.41) is 12.3. The fraction of sp³-hybridized carbons (Fsp3) is 0.350. The molecule has 0 unspecified atom stereocenters. The Morgan fingerprint density at radius 1 is 1.19 bits per heavy atom. The van der Waals surface area contributed by atoms with Crippen molar-refractivity contribution < 1.29 is 23.4 Å². The zero-order valence-electron chi connectivity index (χ0n) is 14.3. The number of aryl methyl sites for hydroxylation is 1. The largest absolute Gasteiger partial charge is 0.478 e. The Morgan fingerprint density at radius 3 is 2.77 bits per heavy atom. The lowest BCUT2D eigenvalue weighted by Gasteiger charge is -2.43. The van der Waals surface area contributed by atoms with Crippen molar-refractivity contribution in [2.24, 2.45) is 5.92 Å². The fourth-order valence-corrected chi connectivity index (χ4v) is 4.07. The Labute approximate surface area is 149 Å². The van der Waals surface area contributed by atoms with E-state index in [0.717, 1.165) is 35.7 Å². The van der Waals surface area contributed by atoms with Crippen LogP contribution in [0.4, 0.5) is 14.5 Å². The average Bonchev–Trinajstić information content (AvgIpc) is 2.63. The van der Waals surface area contributed by atoms with Crippen LogP contribution in [0.1, 0.15) is 52.0 Å². The van der Waals surface area contributed by atoms with Crippen molar-refractivity contribution >= 4 is 11.7 Å². The number of carboxylic acids is 1. The number of aromatic carboxylic acids is 1. The highest BCUT2D eigenvalue weighted by atomic mass is 19.2. The second kappa shape index (κ2) is 6.36. The van der Waals surface area contributed by atoms with Crippen LogP contribution in [-0.4, -0.2) is 17.7 Å². The first-order valence-electron chi connectivity index (χ1n) is 8.67. The normalized spacial score (nSPS) is 24.3. The molecule has 0 radical (unpaired) electrons. The van der Waals surface area contributed by atoms with Gasteiger partial charge in [-0.1, -0.05) is 23.8 Å². The number of benzene rings is 2. The molecule has 0 bridgehead atoms. The van der Waals surface area contributed by atoms with Gasteiger partial charge in [0.05, 0.1) is 17.7 Å². The van der Waals surface area contributed by atoms with E-state index in [1.54, 1.807) is 0 Å². The molecule has 0 aromatic heterocycles. The standard InChI is InChI=1S/C20H19F2NO3/c1-10-4-7-15-14(9-10)19-13(3-2-8-26-19)18(23-15)11-5-6-12(20(24)25)17(22)16(11)21/h4-7,9,13,18-19,23H,2-3,8H2,1H3,(H,24,25)/t13-,18-,19-/m1/s1.